The zero-order chi connectivity index (χ0) is 20.9. The Morgan fingerprint density at radius 1 is 1.03 bits per heavy atom. The quantitative estimate of drug-likeness (QED) is 0.647. The monoisotopic (exact) mass is 465 g/mol. The summed E-state index contributed by atoms with van der Waals surface area (Å²) in [5.41, 5.74) is 0.575. The second-order valence-electron chi connectivity index (χ2n) is 7.84. The number of benzene rings is 1. The molecule has 0 bridgehead atoms. The fourth-order valence-corrected chi connectivity index (χ4v) is 4.66. The van der Waals surface area contributed by atoms with Crippen LogP contribution in [0.2, 0.25) is 0 Å². The summed E-state index contributed by atoms with van der Waals surface area (Å²) in [5.74, 6) is 0.378. The van der Waals surface area contributed by atoms with E-state index in [9.17, 15) is 9.59 Å². The summed E-state index contributed by atoms with van der Waals surface area (Å²) < 4.78 is 6.60. The van der Waals surface area contributed by atoms with Crippen LogP contribution in [0.5, 0.6) is 0 Å². The lowest BCUT2D eigenvalue weighted by Crippen LogP contribution is -2.57. The molecular formula is C22H32BrN3O3. The first-order chi connectivity index (χ1) is 14.0. The first-order valence-electron chi connectivity index (χ1n) is 10.6. The van der Waals surface area contributed by atoms with Crippen molar-refractivity contribution >= 4 is 27.7 Å². The van der Waals surface area contributed by atoms with Crippen molar-refractivity contribution < 1.29 is 14.3 Å². The number of hydrogen-bond donors (Lipinski definition) is 0. The summed E-state index contributed by atoms with van der Waals surface area (Å²) in [6.45, 7) is 9.98. The van der Waals surface area contributed by atoms with E-state index in [1.54, 1.807) is 0 Å². The molecule has 29 heavy (non-hydrogen) atoms. The highest BCUT2D eigenvalue weighted by Gasteiger charge is 2.44. The number of piperazine rings is 1. The van der Waals surface area contributed by atoms with Gasteiger partial charge >= 0.3 is 0 Å². The van der Waals surface area contributed by atoms with Crippen LogP contribution in [0.3, 0.4) is 0 Å². The molecule has 0 N–H and O–H groups in total. The molecule has 2 amide bonds. The SMILES string of the molecule is CCN(CC)C(=O)CN1CCN(C(=O)C2(c3ccc(Br)cc3)CCOCC2)CC1. The highest BCUT2D eigenvalue weighted by molar-refractivity contribution is 9.10. The maximum atomic E-state index is 13.7. The van der Waals surface area contributed by atoms with E-state index in [1.807, 2.05) is 35.8 Å². The molecule has 0 saturated carbocycles. The smallest absolute Gasteiger partial charge is 0.236 e. The van der Waals surface area contributed by atoms with E-state index in [2.05, 4.69) is 33.0 Å². The average Bonchev–Trinajstić information content (AvgIpc) is 2.75. The Hall–Kier alpha value is -1.44. The van der Waals surface area contributed by atoms with Gasteiger partial charge in [-0.3, -0.25) is 14.5 Å². The zero-order valence-corrected chi connectivity index (χ0v) is 19.1. The van der Waals surface area contributed by atoms with E-state index >= 15 is 0 Å². The van der Waals surface area contributed by atoms with Crippen LogP contribution in [0, 0.1) is 0 Å². The molecule has 2 fully saturated rings. The van der Waals surface area contributed by atoms with Crippen molar-refractivity contribution in [1.29, 1.82) is 0 Å². The minimum atomic E-state index is -0.502. The molecule has 7 heteroatoms. The number of carbonyl (C=O) groups is 2. The molecule has 0 unspecified atom stereocenters. The molecule has 0 aromatic heterocycles. The lowest BCUT2D eigenvalue weighted by Gasteiger charge is -2.43. The number of carbonyl (C=O) groups excluding carboxylic acids is 2. The Balaban J connectivity index is 1.66. The van der Waals surface area contributed by atoms with Crippen molar-refractivity contribution in [2.45, 2.75) is 32.1 Å². The number of hydrogen-bond acceptors (Lipinski definition) is 4. The summed E-state index contributed by atoms with van der Waals surface area (Å²) >= 11 is 3.49. The van der Waals surface area contributed by atoms with Gasteiger partial charge in [0.15, 0.2) is 0 Å². The highest BCUT2D eigenvalue weighted by Crippen LogP contribution is 2.37. The molecule has 1 aromatic carbocycles. The summed E-state index contributed by atoms with van der Waals surface area (Å²) in [4.78, 5) is 32.1. The first kappa shape index (κ1) is 22.2. The molecule has 0 spiro atoms. The van der Waals surface area contributed by atoms with Crippen LogP contribution in [0.25, 0.3) is 0 Å². The van der Waals surface area contributed by atoms with Gasteiger partial charge in [-0.1, -0.05) is 28.1 Å². The van der Waals surface area contributed by atoms with Gasteiger partial charge in [0.05, 0.1) is 12.0 Å². The van der Waals surface area contributed by atoms with Crippen molar-refractivity contribution in [3.8, 4) is 0 Å². The molecule has 2 aliphatic rings. The van der Waals surface area contributed by atoms with Gasteiger partial charge in [-0.2, -0.15) is 0 Å². The Kier molecular flexibility index (Phi) is 7.71. The van der Waals surface area contributed by atoms with Crippen molar-refractivity contribution in [2.75, 3.05) is 59.0 Å². The fraction of sp³-hybridized carbons (Fsp3) is 0.636. The Morgan fingerprint density at radius 3 is 2.17 bits per heavy atom. The fourth-order valence-electron chi connectivity index (χ4n) is 4.39. The van der Waals surface area contributed by atoms with Crippen molar-refractivity contribution in [2.24, 2.45) is 0 Å². The van der Waals surface area contributed by atoms with Crippen LogP contribution in [0.15, 0.2) is 28.7 Å². The molecule has 2 heterocycles. The van der Waals surface area contributed by atoms with Crippen molar-refractivity contribution in [3.05, 3.63) is 34.3 Å². The minimum Gasteiger partial charge on any atom is -0.381 e. The van der Waals surface area contributed by atoms with Crippen LogP contribution in [-0.2, 0) is 19.7 Å². The van der Waals surface area contributed by atoms with Crippen LogP contribution in [-0.4, -0.2) is 85.5 Å². The molecule has 0 radical (unpaired) electrons. The number of nitrogens with zero attached hydrogens (tertiary/aromatic N) is 3. The van der Waals surface area contributed by atoms with Gasteiger partial charge in [-0.25, -0.2) is 0 Å². The van der Waals surface area contributed by atoms with Crippen molar-refractivity contribution in [1.82, 2.24) is 14.7 Å². The lowest BCUT2D eigenvalue weighted by atomic mass is 9.73. The number of likely N-dealkylation sites (N-methyl/N-ethyl adjacent to an activating group) is 1. The topological polar surface area (TPSA) is 53.1 Å². The molecule has 2 saturated heterocycles. The Labute approximate surface area is 182 Å². The molecule has 0 atom stereocenters. The van der Waals surface area contributed by atoms with Gasteiger partial charge in [-0.15, -0.1) is 0 Å². The van der Waals surface area contributed by atoms with Gasteiger partial charge in [0, 0.05) is 57.0 Å². The average molecular weight is 466 g/mol. The molecule has 2 aliphatic heterocycles. The van der Waals surface area contributed by atoms with E-state index in [0.29, 0.717) is 45.7 Å². The van der Waals surface area contributed by atoms with Gasteiger partial charge < -0.3 is 14.5 Å². The van der Waals surface area contributed by atoms with Crippen LogP contribution < -0.4 is 0 Å². The number of halogens is 1. The standard InChI is InChI=1S/C22H32BrN3O3/c1-3-25(4-2)20(27)17-24-11-13-26(14-12-24)21(28)22(9-15-29-16-10-22)18-5-7-19(23)8-6-18/h5-8H,3-4,9-17H2,1-2H3. The third kappa shape index (κ3) is 5.01. The summed E-state index contributed by atoms with van der Waals surface area (Å²) in [6.07, 6.45) is 1.43. The van der Waals surface area contributed by atoms with E-state index in [0.717, 1.165) is 36.2 Å². The number of ether oxygens (including phenoxy) is 1. The predicted octanol–water partition coefficient (Wildman–Crippen LogP) is 2.51. The van der Waals surface area contributed by atoms with Gasteiger partial charge in [0.2, 0.25) is 11.8 Å². The molecular weight excluding hydrogens is 434 g/mol. The summed E-state index contributed by atoms with van der Waals surface area (Å²) in [6, 6.07) is 8.14. The molecule has 6 nitrogen and oxygen atoms in total. The zero-order valence-electron chi connectivity index (χ0n) is 17.5. The maximum absolute atomic E-state index is 13.7. The normalized spacial score (nSPS) is 19.8. The van der Waals surface area contributed by atoms with Gasteiger partial charge in [0.25, 0.3) is 0 Å². The molecule has 160 valence electrons. The largest absolute Gasteiger partial charge is 0.381 e. The van der Waals surface area contributed by atoms with Crippen LogP contribution >= 0.6 is 15.9 Å². The van der Waals surface area contributed by atoms with E-state index in [1.165, 1.54) is 0 Å². The number of amides is 2. The van der Waals surface area contributed by atoms with Crippen LogP contribution in [0.1, 0.15) is 32.3 Å². The van der Waals surface area contributed by atoms with E-state index < -0.39 is 5.41 Å². The lowest BCUT2D eigenvalue weighted by molar-refractivity contribution is -0.143. The summed E-state index contributed by atoms with van der Waals surface area (Å²) in [7, 11) is 0. The van der Waals surface area contributed by atoms with E-state index in [-0.39, 0.29) is 11.8 Å². The Bertz CT molecular complexity index is 692. The summed E-state index contributed by atoms with van der Waals surface area (Å²) in [5, 5.41) is 0. The predicted molar refractivity (Wildman–Crippen MR) is 117 cm³/mol. The molecule has 0 aliphatic carbocycles. The van der Waals surface area contributed by atoms with Gasteiger partial charge in [0.1, 0.15) is 0 Å². The Morgan fingerprint density at radius 2 is 1.62 bits per heavy atom. The minimum absolute atomic E-state index is 0.172. The second kappa shape index (κ2) is 10.0. The maximum Gasteiger partial charge on any atom is 0.236 e. The second-order valence-corrected chi connectivity index (χ2v) is 8.75. The third-order valence-electron chi connectivity index (χ3n) is 6.29. The molecule has 3 rings (SSSR count). The van der Waals surface area contributed by atoms with Crippen LogP contribution in [0.4, 0.5) is 0 Å². The first-order valence-corrected chi connectivity index (χ1v) is 11.4. The third-order valence-corrected chi connectivity index (χ3v) is 6.82. The van der Waals surface area contributed by atoms with Crippen molar-refractivity contribution in [3.63, 3.8) is 0 Å². The molecule has 1 aromatic rings. The van der Waals surface area contributed by atoms with E-state index in [4.69, 9.17) is 4.74 Å². The highest BCUT2D eigenvalue weighted by atomic mass is 79.9. The van der Waals surface area contributed by atoms with Gasteiger partial charge in [-0.05, 0) is 44.4 Å². The number of rotatable bonds is 6.